The van der Waals surface area contributed by atoms with E-state index < -0.39 is 0 Å². The molecule has 3 N–H and O–H groups in total. The number of carbonyl (C=O) groups is 1. The van der Waals surface area contributed by atoms with Gasteiger partial charge in [0.25, 0.3) is 0 Å². The summed E-state index contributed by atoms with van der Waals surface area (Å²) in [7, 11) is 1.79. The number of thiophene rings is 1. The Labute approximate surface area is 112 Å². The molecule has 0 atom stereocenters. The first-order chi connectivity index (χ1) is 8.67. The summed E-state index contributed by atoms with van der Waals surface area (Å²) < 4.78 is 0. The summed E-state index contributed by atoms with van der Waals surface area (Å²) >= 11 is 1.60. The molecule has 0 aromatic carbocycles. The van der Waals surface area contributed by atoms with Crippen molar-refractivity contribution in [2.45, 2.75) is 19.9 Å². The minimum atomic E-state index is -0.0418. The lowest BCUT2D eigenvalue weighted by molar-refractivity contribution is 0.207. The fourth-order valence-corrected chi connectivity index (χ4v) is 2.22. The number of nitrogens with two attached hydrogens (primary N) is 1. The topological polar surface area (TPSA) is 58.4 Å². The molecule has 5 heteroatoms. The van der Waals surface area contributed by atoms with Crippen molar-refractivity contribution in [2.75, 3.05) is 20.1 Å². The van der Waals surface area contributed by atoms with E-state index in [1.54, 1.807) is 23.3 Å². The molecule has 18 heavy (non-hydrogen) atoms. The van der Waals surface area contributed by atoms with Gasteiger partial charge < -0.3 is 16.0 Å². The number of rotatable bonds is 4. The van der Waals surface area contributed by atoms with E-state index in [1.807, 2.05) is 18.4 Å². The van der Waals surface area contributed by atoms with Crippen molar-refractivity contribution in [3.05, 3.63) is 21.9 Å². The molecule has 1 rings (SSSR count). The Balaban J connectivity index is 2.51. The van der Waals surface area contributed by atoms with Crippen LogP contribution in [0, 0.1) is 11.8 Å². The average molecular weight is 265 g/mol. The maximum Gasteiger partial charge on any atom is 0.317 e. The molecule has 0 unspecified atom stereocenters. The minimum absolute atomic E-state index is 0.0418. The predicted molar refractivity (Wildman–Crippen MR) is 75.4 cm³/mol. The molecule has 1 aromatic heterocycles. The molecule has 0 saturated heterocycles. The lowest BCUT2D eigenvalue weighted by Gasteiger charge is -2.16. The molecule has 0 fully saturated rings. The van der Waals surface area contributed by atoms with Gasteiger partial charge in [0.2, 0.25) is 0 Å². The Morgan fingerprint density at radius 2 is 2.39 bits per heavy atom. The third kappa shape index (κ3) is 4.78. The number of carbonyl (C=O) groups excluding carboxylic acids is 1. The third-order valence-electron chi connectivity index (χ3n) is 2.25. The minimum Gasteiger partial charge on any atom is -0.338 e. The molecule has 1 aromatic rings. The molecule has 0 radical (unpaired) electrons. The predicted octanol–water partition coefficient (Wildman–Crippen LogP) is 1.61. The Morgan fingerprint density at radius 3 is 3.06 bits per heavy atom. The van der Waals surface area contributed by atoms with Crippen molar-refractivity contribution in [1.29, 1.82) is 0 Å². The van der Waals surface area contributed by atoms with Gasteiger partial charge in [0.05, 0.1) is 13.1 Å². The highest BCUT2D eigenvalue weighted by atomic mass is 32.1. The van der Waals surface area contributed by atoms with Crippen LogP contribution in [0.4, 0.5) is 4.79 Å². The lowest BCUT2D eigenvalue weighted by Crippen LogP contribution is -2.36. The number of nitrogens with one attached hydrogen (secondary N) is 1. The zero-order valence-electron chi connectivity index (χ0n) is 10.8. The Bertz CT molecular complexity index is 445. The molecule has 0 aliphatic carbocycles. The average Bonchev–Trinajstić information content (AvgIpc) is 2.80. The summed E-state index contributed by atoms with van der Waals surface area (Å²) in [6.45, 7) is 3.71. The molecule has 0 bridgehead atoms. The Hall–Kier alpha value is -1.51. The number of hydrogen-bond acceptors (Lipinski definition) is 3. The molecule has 0 saturated carbocycles. The molecular formula is C13H19N3OS. The van der Waals surface area contributed by atoms with E-state index in [-0.39, 0.29) is 6.03 Å². The smallest absolute Gasteiger partial charge is 0.317 e. The summed E-state index contributed by atoms with van der Waals surface area (Å²) in [4.78, 5) is 14.4. The Kier molecular flexibility index (Phi) is 6.26. The molecule has 1 heterocycles. The maximum atomic E-state index is 11.7. The fraction of sp³-hybridized carbons (Fsp3) is 0.462. The highest BCUT2D eigenvalue weighted by molar-refractivity contribution is 7.10. The molecular weight excluding hydrogens is 246 g/mol. The van der Waals surface area contributed by atoms with Crippen LogP contribution in [0.3, 0.4) is 0 Å². The van der Waals surface area contributed by atoms with Crippen LogP contribution in [0.2, 0.25) is 0 Å². The van der Waals surface area contributed by atoms with Crippen LogP contribution in [0.25, 0.3) is 0 Å². The first kappa shape index (κ1) is 14.6. The summed E-state index contributed by atoms with van der Waals surface area (Å²) in [6, 6.07) is 1.96. The fourth-order valence-electron chi connectivity index (χ4n) is 1.35. The van der Waals surface area contributed by atoms with Crippen LogP contribution in [-0.2, 0) is 6.54 Å². The molecule has 0 aliphatic rings. The summed E-state index contributed by atoms with van der Waals surface area (Å²) in [5, 5.41) is 4.82. The standard InChI is InChI=1S/C13H19N3OS/c1-3-7-15-13(17)16(2)9-12-8-11(10-18-12)5-4-6-14/h8,10H,3,6-7,9,14H2,1-2H3,(H,15,17). The number of urea groups is 1. The van der Waals surface area contributed by atoms with Gasteiger partial charge in [-0.05, 0) is 12.5 Å². The van der Waals surface area contributed by atoms with Crippen LogP contribution in [0.5, 0.6) is 0 Å². The second-order valence-corrected chi connectivity index (χ2v) is 4.89. The van der Waals surface area contributed by atoms with E-state index in [4.69, 9.17) is 5.73 Å². The van der Waals surface area contributed by atoms with E-state index in [0.29, 0.717) is 19.6 Å². The van der Waals surface area contributed by atoms with Crippen molar-refractivity contribution in [1.82, 2.24) is 10.2 Å². The van der Waals surface area contributed by atoms with Crippen molar-refractivity contribution < 1.29 is 4.79 Å². The number of hydrogen-bond donors (Lipinski definition) is 2. The van der Waals surface area contributed by atoms with Gasteiger partial charge in [0.15, 0.2) is 0 Å². The van der Waals surface area contributed by atoms with Gasteiger partial charge >= 0.3 is 6.03 Å². The quantitative estimate of drug-likeness (QED) is 0.813. The van der Waals surface area contributed by atoms with Crippen molar-refractivity contribution in [2.24, 2.45) is 5.73 Å². The summed E-state index contributed by atoms with van der Waals surface area (Å²) in [6.07, 6.45) is 0.942. The van der Waals surface area contributed by atoms with E-state index >= 15 is 0 Å². The molecule has 0 spiro atoms. The van der Waals surface area contributed by atoms with Crippen molar-refractivity contribution in [3.63, 3.8) is 0 Å². The van der Waals surface area contributed by atoms with Gasteiger partial charge in [-0.25, -0.2) is 4.79 Å². The van der Waals surface area contributed by atoms with Crippen LogP contribution in [-0.4, -0.2) is 31.1 Å². The largest absolute Gasteiger partial charge is 0.338 e. The van der Waals surface area contributed by atoms with E-state index in [0.717, 1.165) is 16.9 Å². The Morgan fingerprint density at radius 1 is 1.61 bits per heavy atom. The van der Waals surface area contributed by atoms with Gasteiger partial charge in [0, 0.05) is 29.4 Å². The van der Waals surface area contributed by atoms with Gasteiger partial charge in [-0.2, -0.15) is 0 Å². The van der Waals surface area contributed by atoms with Gasteiger partial charge in [0.1, 0.15) is 0 Å². The first-order valence-corrected chi connectivity index (χ1v) is 6.80. The highest BCUT2D eigenvalue weighted by Crippen LogP contribution is 2.15. The number of amides is 2. The number of nitrogens with zero attached hydrogens (tertiary/aromatic N) is 1. The molecule has 2 amide bonds. The molecule has 98 valence electrons. The van der Waals surface area contributed by atoms with Crippen molar-refractivity contribution >= 4 is 17.4 Å². The van der Waals surface area contributed by atoms with Crippen LogP contribution >= 0.6 is 11.3 Å². The van der Waals surface area contributed by atoms with Gasteiger partial charge in [-0.15, -0.1) is 11.3 Å². The van der Waals surface area contributed by atoms with Crippen molar-refractivity contribution in [3.8, 4) is 11.8 Å². The summed E-state index contributed by atoms with van der Waals surface area (Å²) in [5.41, 5.74) is 6.28. The zero-order valence-corrected chi connectivity index (χ0v) is 11.6. The SMILES string of the molecule is CCCNC(=O)N(C)Cc1cc(C#CCN)cs1. The van der Waals surface area contributed by atoms with Crippen LogP contribution in [0.15, 0.2) is 11.4 Å². The first-order valence-electron chi connectivity index (χ1n) is 5.92. The summed E-state index contributed by atoms with van der Waals surface area (Å²) in [5.74, 6) is 5.79. The van der Waals surface area contributed by atoms with Crippen LogP contribution in [0.1, 0.15) is 23.8 Å². The second kappa shape index (κ2) is 7.75. The second-order valence-electron chi connectivity index (χ2n) is 3.90. The third-order valence-corrected chi connectivity index (χ3v) is 3.18. The van der Waals surface area contributed by atoms with Gasteiger partial charge in [-0.3, -0.25) is 0 Å². The van der Waals surface area contributed by atoms with E-state index in [9.17, 15) is 4.79 Å². The van der Waals surface area contributed by atoms with Crippen LogP contribution < -0.4 is 11.1 Å². The zero-order chi connectivity index (χ0) is 13.4. The molecule has 0 aliphatic heterocycles. The monoisotopic (exact) mass is 265 g/mol. The van der Waals surface area contributed by atoms with E-state index in [2.05, 4.69) is 17.2 Å². The van der Waals surface area contributed by atoms with E-state index in [1.165, 1.54) is 0 Å². The maximum absolute atomic E-state index is 11.7. The molecule has 4 nitrogen and oxygen atoms in total. The van der Waals surface area contributed by atoms with Gasteiger partial charge in [-0.1, -0.05) is 18.8 Å². The lowest BCUT2D eigenvalue weighted by atomic mass is 10.3. The highest BCUT2D eigenvalue weighted by Gasteiger charge is 2.09. The normalized spacial score (nSPS) is 9.50.